The lowest BCUT2D eigenvalue weighted by molar-refractivity contribution is -0.118. The third-order valence-electron chi connectivity index (χ3n) is 4.70. The number of hydrogen-bond acceptors (Lipinski definition) is 5. The van der Waals surface area contributed by atoms with Crippen LogP contribution in [-0.4, -0.2) is 71.4 Å². The van der Waals surface area contributed by atoms with Gasteiger partial charge in [-0.25, -0.2) is 9.97 Å². The van der Waals surface area contributed by atoms with Gasteiger partial charge in [0.2, 0.25) is 12.4 Å². The van der Waals surface area contributed by atoms with Crippen molar-refractivity contribution in [1.82, 2.24) is 19.8 Å². The van der Waals surface area contributed by atoms with E-state index in [1.54, 1.807) is 11.0 Å². The molecule has 1 aromatic heterocycles. The lowest BCUT2D eigenvalue weighted by atomic mass is 10.2. The summed E-state index contributed by atoms with van der Waals surface area (Å²) in [5, 5.41) is 0. The Balaban J connectivity index is 1.76. The number of amides is 2. The lowest BCUT2D eigenvalue weighted by Crippen LogP contribution is -2.46. The highest BCUT2D eigenvalue weighted by atomic mass is 16.2. The molecule has 0 aliphatic carbocycles. The first-order valence-electron chi connectivity index (χ1n) is 8.76. The van der Waals surface area contributed by atoms with Gasteiger partial charge in [0.15, 0.2) is 0 Å². The summed E-state index contributed by atoms with van der Waals surface area (Å²) >= 11 is 0. The summed E-state index contributed by atoms with van der Waals surface area (Å²) in [4.78, 5) is 38.4. The summed E-state index contributed by atoms with van der Waals surface area (Å²) in [7, 11) is 0. The first-order chi connectivity index (χ1) is 11.7. The molecule has 1 aromatic rings. The molecule has 3 heterocycles. The number of carbonyl (C=O) groups excluding carboxylic acids is 2. The Morgan fingerprint density at radius 1 is 1.00 bits per heavy atom. The fraction of sp³-hybridized carbons (Fsp3) is 0.647. The van der Waals surface area contributed by atoms with E-state index in [1.807, 2.05) is 16.7 Å². The maximum absolute atomic E-state index is 12.8. The van der Waals surface area contributed by atoms with Crippen molar-refractivity contribution >= 4 is 18.3 Å². The summed E-state index contributed by atoms with van der Waals surface area (Å²) in [6.07, 6.45) is 5.40. The van der Waals surface area contributed by atoms with E-state index in [4.69, 9.17) is 0 Å². The van der Waals surface area contributed by atoms with E-state index in [-0.39, 0.29) is 5.91 Å². The standard InChI is InChI=1S/C17H25N5O2/c1-14-12-15(16(24)21-6-4-2-3-5-7-21)19-17(18-14)22-10-8-20(13-23)9-11-22/h12-13H,2-11H2,1H3. The van der Waals surface area contributed by atoms with Crippen LogP contribution in [0.5, 0.6) is 0 Å². The molecular formula is C17H25N5O2. The van der Waals surface area contributed by atoms with E-state index in [1.165, 1.54) is 12.8 Å². The van der Waals surface area contributed by atoms with Crippen molar-refractivity contribution < 1.29 is 9.59 Å². The Morgan fingerprint density at radius 3 is 2.29 bits per heavy atom. The maximum atomic E-state index is 12.8. The third-order valence-corrected chi connectivity index (χ3v) is 4.70. The fourth-order valence-corrected chi connectivity index (χ4v) is 3.27. The van der Waals surface area contributed by atoms with E-state index in [2.05, 4.69) is 9.97 Å². The molecule has 0 atom stereocenters. The lowest BCUT2D eigenvalue weighted by Gasteiger charge is -2.32. The Bertz CT molecular complexity index is 591. The van der Waals surface area contributed by atoms with Crippen LogP contribution in [0.1, 0.15) is 41.9 Å². The first kappa shape index (κ1) is 16.7. The molecule has 0 spiro atoms. The number of piperazine rings is 1. The van der Waals surface area contributed by atoms with Crippen LogP contribution in [0.3, 0.4) is 0 Å². The molecule has 0 unspecified atom stereocenters. The van der Waals surface area contributed by atoms with Gasteiger partial charge in [-0.3, -0.25) is 9.59 Å². The molecule has 3 rings (SSSR count). The molecule has 0 saturated carbocycles. The van der Waals surface area contributed by atoms with E-state index in [0.717, 1.165) is 38.0 Å². The smallest absolute Gasteiger partial charge is 0.272 e. The Morgan fingerprint density at radius 2 is 1.67 bits per heavy atom. The van der Waals surface area contributed by atoms with E-state index in [9.17, 15) is 9.59 Å². The molecule has 130 valence electrons. The molecule has 0 bridgehead atoms. The van der Waals surface area contributed by atoms with Gasteiger partial charge >= 0.3 is 0 Å². The number of carbonyl (C=O) groups is 2. The number of likely N-dealkylation sites (tertiary alicyclic amines) is 1. The summed E-state index contributed by atoms with van der Waals surface area (Å²) in [6, 6.07) is 1.78. The van der Waals surface area contributed by atoms with Crippen molar-refractivity contribution in [3.63, 3.8) is 0 Å². The average Bonchev–Trinajstić information content (AvgIpc) is 2.90. The molecule has 2 aliphatic heterocycles. The van der Waals surface area contributed by atoms with Gasteiger partial charge < -0.3 is 14.7 Å². The number of anilines is 1. The molecule has 0 aromatic carbocycles. The third kappa shape index (κ3) is 3.83. The van der Waals surface area contributed by atoms with Gasteiger partial charge in [-0.2, -0.15) is 0 Å². The van der Waals surface area contributed by atoms with Crippen molar-refractivity contribution in [1.29, 1.82) is 0 Å². The SMILES string of the molecule is Cc1cc(C(=O)N2CCCCCC2)nc(N2CCN(C=O)CC2)n1. The van der Waals surface area contributed by atoms with Gasteiger partial charge in [0.1, 0.15) is 5.69 Å². The molecule has 2 saturated heterocycles. The zero-order valence-corrected chi connectivity index (χ0v) is 14.3. The maximum Gasteiger partial charge on any atom is 0.272 e. The van der Waals surface area contributed by atoms with Crippen LogP contribution in [0.4, 0.5) is 5.95 Å². The van der Waals surface area contributed by atoms with Crippen molar-refractivity contribution in [2.45, 2.75) is 32.6 Å². The minimum atomic E-state index is 0.00942. The second kappa shape index (κ2) is 7.59. The van der Waals surface area contributed by atoms with E-state index < -0.39 is 0 Å². The summed E-state index contributed by atoms with van der Waals surface area (Å²) in [6.45, 7) is 6.24. The zero-order valence-electron chi connectivity index (χ0n) is 14.3. The molecule has 7 heteroatoms. The fourth-order valence-electron chi connectivity index (χ4n) is 3.27. The van der Waals surface area contributed by atoms with Crippen LogP contribution in [0, 0.1) is 6.92 Å². The monoisotopic (exact) mass is 331 g/mol. The molecule has 0 N–H and O–H groups in total. The number of hydrogen-bond donors (Lipinski definition) is 0. The van der Waals surface area contributed by atoms with Crippen LogP contribution in [0.2, 0.25) is 0 Å². The largest absolute Gasteiger partial charge is 0.342 e. The highest BCUT2D eigenvalue weighted by Gasteiger charge is 2.22. The zero-order chi connectivity index (χ0) is 16.9. The molecule has 2 fully saturated rings. The van der Waals surface area contributed by atoms with Crippen molar-refractivity contribution in [3.05, 3.63) is 17.5 Å². The van der Waals surface area contributed by atoms with E-state index >= 15 is 0 Å². The Hall–Kier alpha value is -2.18. The van der Waals surface area contributed by atoms with Gasteiger partial charge in [-0.15, -0.1) is 0 Å². The summed E-state index contributed by atoms with van der Waals surface area (Å²) < 4.78 is 0. The van der Waals surface area contributed by atoms with Crippen molar-refractivity contribution in [3.8, 4) is 0 Å². The molecule has 2 aliphatic rings. The van der Waals surface area contributed by atoms with Crippen LogP contribution in [0.25, 0.3) is 0 Å². The quantitative estimate of drug-likeness (QED) is 0.775. The van der Waals surface area contributed by atoms with Crippen LogP contribution >= 0.6 is 0 Å². The highest BCUT2D eigenvalue weighted by Crippen LogP contribution is 2.16. The predicted molar refractivity (Wildman–Crippen MR) is 91.0 cm³/mol. The number of nitrogens with zero attached hydrogens (tertiary/aromatic N) is 5. The van der Waals surface area contributed by atoms with E-state index in [0.29, 0.717) is 37.8 Å². The van der Waals surface area contributed by atoms with Gasteiger partial charge in [-0.05, 0) is 25.8 Å². The Kier molecular flexibility index (Phi) is 5.27. The second-order valence-electron chi connectivity index (χ2n) is 6.53. The van der Waals surface area contributed by atoms with Crippen molar-refractivity contribution in [2.24, 2.45) is 0 Å². The molecule has 24 heavy (non-hydrogen) atoms. The number of aromatic nitrogens is 2. The van der Waals surface area contributed by atoms with Crippen LogP contribution < -0.4 is 4.90 Å². The normalized spacial score (nSPS) is 19.1. The van der Waals surface area contributed by atoms with Gasteiger partial charge in [0.05, 0.1) is 0 Å². The van der Waals surface area contributed by atoms with Crippen LogP contribution in [-0.2, 0) is 4.79 Å². The van der Waals surface area contributed by atoms with Gasteiger partial charge in [0.25, 0.3) is 5.91 Å². The second-order valence-corrected chi connectivity index (χ2v) is 6.53. The van der Waals surface area contributed by atoms with Crippen LogP contribution in [0.15, 0.2) is 6.07 Å². The Labute approximate surface area is 142 Å². The van der Waals surface area contributed by atoms with Gasteiger partial charge in [-0.1, -0.05) is 12.8 Å². The molecule has 0 radical (unpaired) electrons. The molecule has 2 amide bonds. The minimum absolute atomic E-state index is 0.00942. The topological polar surface area (TPSA) is 69.6 Å². The minimum Gasteiger partial charge on any atom is -0.342 e. The predicted octanol–water partition coefficient (Wildman–Crippen LogP) is 1.08. The molecule has 7 nitrogen and oxygen atoms in total. The highest BCUT2D eigenvalue weighted by molar-refractivity contribution is 5.92. The molecular weight excluding hydrogens is 306 g/mol. The number of rotatable bonds is 3. The number of aryl methyl sites for hydroxylation is 1. The average molecular weight is 331 g/mol. The van der Waals surface area contributed by atoms with Gasteiger partial charge in [0, 0.05) is 45.0 Å². The summed E-state index contributed by atoms with van der Waals surface area (Å²) in [5.74, 6) is 0.605. The summed E-state index contributed by atoms with van der Waals surface area (Å²) in [5.41, 5.74) is 1.29. The first-order valence-corrected chi connectivity index (χ1v) is 8.76. The van der Waals surface area contributed by atoms with Crippen molar-refractivity contribution in [2.75, 3.05) is 44.2 Å².